The van der Waals surface area contributed by atoms with Gasteiger partial charge in [-0.2, -0.15) is 0 Å². The van der Waals surface area contributed by atoms with E-state index in [1.807, 2.05) is 0 Å². The van der Waals surface area contributed by atoms with Gasteiger partial charge in [-0.3, -0.25) is 0 Å². The van der Waals surface area contributed by atoms with Crippen molar-refractivity contribution < 1.29 is 0 Å². The SMILES string of the molecule is C=CCCC(c1ccccc1)(C1CCC2(CCCCC(C)(C(C)C3(C)CCCCCCC3)C2)C1)C1C(C)C(C)C2C=CC(C(C)(C)C)=CC21. The van der Waals surface area contributed by atoms with E-state index in [0.29, 0.717) is 45.8 Å². The van der Waals surface area contributed by atoms with Gasteiger partial charge in [0, 0.05) is 5.41 Å². The normalized spacial score (nSPS) is 38.5. The van der Waals surface area contributed by atoms with Crippen LogP contribution in [0.2, 0.25) is 0 Å². The standard InChI is InChI=1S/C49H76/c1-10-11-31-49(39-22-16-15-17-23-39,44-37(3)36(2)42-25-24-40(33-43(42)44)45(5,6)7)41-26-32-48(34-41)30-21-20-29-47(9,35-48)38(4)46(8)27-18-13-12-14-19-28-46/h10,15-17,22-25,33,36-38,41-44H,1,11-14,18-21,26-32,34-35H2,2-9H3. The minimum atomic E-state index is 0.177. The van der Waals surface area contributed by atoms with E-state index in [9.17, 15) is 0 Å². The molecule has 0 N–H and O–H groups in total. The third kappa shape index (κ3) is 7.00. The summed E-state index contributed by atoms with van der Waals surface area (Å²) >= 11 is 0. The van der Waals surface area contributed by atoms with Crippen LogP contribution in [0.5, 0.6) is 0 Å². The molecule has 4 saturated carbocycles. The molecule has 4 fully saturated rings. The van der Waals surface area contributed by atoms with Crippen LogP contribution < -0.4 is 0 Å². The van der Waals surface area contributed by atoms with Crippen LogP contribution in [-0.4, -0.2) is 0 Å². The van der Waals surface area contributed by atoms with E-state index >= 15 is 0 Å². The Kier molecular flexibility index (Phi) is 11.0. The lowest BCUT2D eigenvalue weighted by atomic mass is 9.53. The van der Waals surface area contributed by atoms with E-state index in [2.05, 4.69) is 117 Å². The monoisotopic (exact) mass is 665 g/mol. The first-order valence-corrected chi connectivity index (χ1v) is 21.4. The number of hydrogen-bond acceptors (Lipinski definition) is 0. The van der Waals surface area contributed by atoms with Gasteiger partial charge in [0.15, 0.2) is 0 Å². The predicted molar refractivity (Wildman–Crippen MR) is 214 cm³/mol. The van der Waals surface area contributed by atoms with Crippen molar-refractivity contribution in [2.24, 2.45) is 63.1 Å². The van der Waals surface area contributed by atoms with Crippen LogP contribution in [0, 0.1) is 63.1 Å². The minimum absolute atomic E-state index is 0.177. The summed E-state index contributed by atoms with van der Waals surface area (Å²) in [6.07, 6.45) is 34.3. The average Bonchev–Trinajstić information content (AvgIpc) is 3.53. The maximum Gasteiger partial charge on any atom is 0.00211 e. The molecule has 0 nitrogen and oxygen atoms in total. The fourth-order valence-electron chi connectivity index (χ4n) is 13.7. The quantitative estimate of drug-likeness (QED) is 0.243. The summed E-state index contributed by atoms with van der Waals surface area (Å²) < 4.78 is 0. The number of benzene rings is 1. The van der Waals surface area contributed by atoms with Gasteiger partial charge in [0.1, 0.15) is 0 Å². The lowest BCUT2D eigenvalue weighted by molar-refractivity contribution is -0.00304. The van der Waals surface area contributed by atoms with Gasteiger partial charge in [0.2, 0.25) is 0 Å². The summed E-state index contributed by atoms with van der Waals surface area (Å²) in [5.41, 5.74) is 5.03. The van der Waals surface area contributed by atoms with Crippen LogP contribution in [0.1, 0.15) is 170 Å². The highest BCUT2D eigenvalue weighted by molar-refractivity contribution is 5.37. The largest absolute Gasteiger partial charge is 0.103 e. The van der Waals surface area contributed by atoms with Crippen molar-refractivity contribution in [1.82, 2.24) is 0 Å². The number of hydrogen-bond donors (Lipinski definition) is 0. The molecule has 0 heterocycles. The smallest absolute Gasteiger partial charge is 0.00211 e. The van der Waals surface area contributed by atoms with E-state index in [0.717, 1.165) is 18.3 Å². The second-order valence-electron chi connectivity index (χ2n) is 20.5. The Labute approximate surface area is 304 Å². The molecule has 5 aliphatic rings. The molecule has 1 aromatic carbocycles. The van der Waals surface area contributed by atoms with Gasteiger partial charge in [-0.25, -0.2) is 0 Å². The number of fused-ring (bicyclic) bond motifs is 1. The first-order chi connectivity index (χ1) is 23.3. The van der Waals surface area contributed by atoms with E-state index in [-0.39, 0.29) is 10.8 Å². The molecule has 0 aromatic heterocycles. The third-order valence-corrected chi connectivity index (χ3v) is 16.8. The molecule has 0 radical (unpaired) electrons. The summed E-state index contributed by atoms with van der Waals surface area (Å²) in [5.74, 6) is 4.86. The van der Waals surface area contributed by atoms with Gasteiger partial charge < -0.3 is 0 Å². The van der Waals surface area contributed by atoms with Crippen molar-refractivity contribution >= 4 is 0 Å². The molecule has 0 amide bonds. The molecule has 1 aromatic rings. The van der Waals surface area contributed by atoms with Crippen molar-refractivity contribution in [1.29, 1.82) is 0 Å². The molecular formula is C49H76. The number of allylic oxidation sites excluding steroid dienone is 5. The topological polar surface area (TPSA) is 0 Å². The van der Waals surface area contributed by atoms with E-state index < -0.39 is 0 Å². The van der Waals surface area contributed by atoms with Crippen LogP contribution in [0.4, 0.5) is 0 Å². The van der Waals surface area contributed by atoms with Crippen LogP contribution >= 0.6 is 0 Å². The summed E-state index contributed by atoms with van der Waals surface area (Å²) in [6.45, 7) is 25.1. The Bertz CT molecular complexity index is 1310. The maximum atomic E-state index is 4.34. The first kappa shape index (κ1) is 37.2. The summed E-state index contributed by atoms with van der Waals surface area (Å²) in [4.78, 5) is 0. The van der Waals surface area contributed by atoms with Crippen LogP contribution in [0.15, 0.2) is 66.8 Å². The van der Waals surface area contributed by atoms with Gasteiger partial charge in [0.25, 0.3) is 0 Å². The molecule has 49 heavy (non-hydrogen) atoms. The Balaban J connectivity index is 1.40. The molecular weight excluding hydrogens is 589 g/mol. The second-order valence-corrected chi connectivity index (χ2v) is 20.5. The van der Waals surface area contributed by atoms with Crippen molar-refractivity contribution in [2.75, 3.05) is 0 Å². The minimum Gasteiger partial charge on any atom is -0.103 e. The fraction of sp³-hybridized carbons (Fsp3) is 0.755. The van der Waals surface area contributed by atoms with Gasteiger partial charge >= 0.3 is 0 Å². The third-order valence-electron chi connectivity index (χ3n) is 16.8. The molecule has 0 aliphatic heterocycles. The zero-order valence-electron chi connectivity index (χ0n) is 33.5. The zero-order chi connectivity index (χ0) is 35.1. The lowest BCUT2D eigenvalue weighted by Gasteiger charge is -2.51. The van der Waals surface area contributed by atoms with Gasteiger partial charge in [-0.15, -0.1) is 6.58 Å². The Morgan fingerprint density at radius 1 is 0.816 bits per heavy atom. The first-order valence-electron chi connectivity index (χ1n) is 21.4. The summed E-state index contributed by atoms with van der Waals surface area (Å²) in [5, 5.41) is 0. The summed E-state index contributed by atoms with van der Waals surface area (Å²) in [7, 11) is 0. The van der Waals surface area contributed by atoms with E-state index in [1.54, 1.807) is 11.1 Å². The molecule has 10 unspecified atom stereocenters. The molecule has 10 atom stereocenters. The number of rotatable bonds is 8. The fourth-order valence-corrected chi connectivity index (χ4v) is 13.7. The Morgan fingerprint density at radius 2 is 1.45 bits per heavy atom. The molecule has 6 rings (SSSR count). The van der Waals surface area contributed by atoms with Gasteiger partial charge in [0.05, 0.1) is 0 Å². The van der Waals surface area contributed by atoms with Crippen molar-refractivity contribution in [3.63, 3.8) is 0 Å². The van der Waals surface area contributed by atoms with Crippen molar-refractivity contribution in [3.8, 4) is 0 Å². The predicted octanol–water partition coefficient (Wildman–Crippen LogP) is 14.7. The maximum absolute atomic E-state index is 4.34. The Morgan fingerprint density at radius 3 is 2.12 bits per heavy atom. The molecule has 0 heteroatoms. The van der Waals surface area contributed by atoms with Crippen LogP contribution in [0.25, 0.3) is 0 Å². The molecule has 272 valence electrons. The van der Waals surface area contributed by atoms with Crippen LogP contribution in [-0.2, 0) is 5.41 Å². The highest BCUT2D eigenvalue weighted by Gasteiger charge is 2.60. The van der Waals surface area contributed by atoms with Gasteiger partial charge in [-0.1, -0.05) is 155 Å². The molecule has 5 aliphatic carbocycles. The van der Waals surface area contributed by atoms with Crippen molar-refractivity contribution in [3.05, 3.63) is 72.4 Å². The van der Waals surface area contributed by atoms with Crippen molar-refractivity contribution in [2.45, 2.75) is 170 Å². The zero-order valence-corrected chi connectivity index (χ0v) is 33.5. The summed E-state index contributed by atoms with van der Waals surface area (Å²) in [6, 6.07) is 12.1. The second kappa shape index (κ2) is 14.5. The Hall–Kier alpha value is -1.56. The van der Waals surface area contributed by atoms with E-state index in [1.165, 1.54) is 103 Å². The van der Waals surface area contributed by atoms with Gasteiger partial charge in [-0.05, 0) is 138 Å². The lowest BCUT2D eigenvalue weighted by Crippen LogP contribution is -2.47. The molecule has 1 spiro atoms. The average molecular weight is 665 g/mol. The highest BCUT2D eigenvalue weighted by atomic mass is 14.6. The van der Waals surface area contributed by atoms with Crippen LogP contribution in [0.3, 0.4) is 0 Å². The van der Waals surface area contributed by atoms with E-state index in [4.69, 9.17) is 0 Å². The molecule has 0 bridgehead atoms. The highest BCUT2D eigenvalue weighted by Crippen LogP contribution is 2.67. The molecule has 0 saturated heterocycles.